The van der Waals surface area contributed by atoms with E-state index in [0.29, 0.717) is 19.6 Å². The molecule has 0 bridgehead atoms. The highest BCUT2D eigenvalue weighted by Gasteiger charge is 2.39. The molecule has 0 saturated carbocycles. The molecule has 1 fully saturated rings. The van der Waals surface area contributed by atoms with Crippen molar-refractivity contribution < 1.29 is 8.42 Å². The molecule has 0 amide bonds. The van der Waals surface area contributed by atoms with Gasteiger partial charge >= 0.3 is 0 Å². The van der Waals surface area contributed by atoms with Gasteiger partial charge in [0.2, 0.25) is 10.0 Å². The molecule has 114 valence electrons. The molecule has 1 N–H and O–H groups in total. The molecule has 21 heavy (non-hydrogen) atoms. The maximum absolute atomic E-state index is 11.9. The zero-order chi connectivity index (χ0) is 15.3. The van der Waals surface area contributed by atoms with Gasteiger partial charge in [-0.25, -0.2) is 18.4 Å². The molecule has 0 unspecified atom stereocenters. The van der Waals surface area contributed by atoms with E-state index in [2.05, 4.69) is 19.9 Å². The number of sulfonamides is 1. The molecule has 1 aliphatic rings. The van der Waals surface area contributed by atoms with E-state index in [1.807, 2.05) is 19.9 Å². The second-order valence-corrected chi connectivity index (χ2v) is 7.91. The van der Waals surface area contributed by atoms with Crippen molar-refractivity contribution in [1.82, 2.24) is 19.3 Å². The number of H-pyrrole nitrogens is 1. The highest BCUT2D eigenvalue weighted by atomic mass is 32.2. The first-order valence-corrected chi connectivity index (χ1v) is 8.65. The van der Waals surface area contributed by atoms with E-state index in [1.165, 1.54) is 6.26 Å². The fourth-order valence-corrected chi connectivity index (χ4v) is 4.39. The van der Waals surface area contributed by atoms with Gasteiger partial charge < -0.3 is 9.88 Å². The fraction of sp³-hybridized carbons (Fsp3) is 0.538. The third-order valence-corrected chi connectivity index (χ3v) is 5.32. The molecule has 1 saturated heterocycles. The molecule has 0 aliphatic carbocycles. The third-order valence-electron chi connectivity index (χ3n) is 3.84. The summed E-state index contributed by atoms with van der Waals surface area (Å²) in [6.07, 6.45) is 4.65. The SMILES string of the molecule is CC1(C)CN(c2nccc3[nH]cnc23)CCN1S(C)(=O)=O. The van der Waals surface area contributed by atoms with E-state index >= 15 is 0 Å². The summed E-state index contributed by atoms with van der Waals surface area (Å²) in [4.78, 5) is 13.9. The molecule has 2 aromatic heterocycles. The molecule has 3 rings (SSSR count). The fourth-order valence-electron chi connectivity index (χ4n) is 3.02. The average molecular weight is 309 g/mol. The Morgan fingerprint density at radius 3 is 2.71 bits per heavy atom. The lowest BCUT2D eigenvalue weighted by Crippen LogP contribution is -2.61. The van der Waals surface area contributed by atoms with E-state index in [4.69, 9.17) is 0 Å². The molecule has 7 nitrogen and oxygen atoms in total. The van der Waals surface area contributed by atoms with Gasteiger partial charge in [0.1, 0.15) is 5.52 Å². The Bertz CT molecular complexity index is 768. The van der Waals surface area contributed by atoms with Gasteiger partial charge in [-0.3, -0.25) is 0 Å². The van der Waals surface area contributed by atoms with Crippen LogP contribution in [-0.2, 0) is 10.0 Å². The number of rotatable bonds is 2. The predicted molar refractivity (Wildman–Crippen MR) is 81.7 cm³/mol. The Labute approximate surface area is 124 Å². The normalized spacial score (nSPS) is 20.0. The molecule has 0 radical (unpaired) electrons. The zero-order valence-corrected chi connectivity index (χ0v) is 13.2. The van der Waals surface area contributed by atoms with Gasteiger partial charge in [-0.2, -0.15) is 4.31 Å². The molecule has 8 heteroatoms. The van der Waals surface area contributed by atoms with Gasteiger partial charge in [0.25, 0.3) is 0 Å². The topological polar surface area (TPSA) is 82.2 Å². The number of aromatic nitrogens is 3. The lowest BCUT2D eigenvalue weighted by Gasteiger charge is -2.45. The van der Waals surface area contributed by atoms with Crippen molar-refractivity contribution in [3.05, 3.63) is 18.6 Å². The number of fused-ring (bicyclic) bond motifs is 1. The number of nitrogens with one attached hydrogen (secondary N) is 1. The van der Waals surface area contributed by atoms with Crippen LogP contribution >= 0.6 is 0 Å². The molecule has 0 spiro atoms. The van der Waals surface area contributed by atoms with Gasteiger partial charge in [-0.05, 0) is 19.9 Å². The summed E-state index contributed by atoms with van der Waals surface area (Å²) in [5, 5.41) is 0. The number of nitrogens with zero attached hydrogens (tertiary/aromatic N) is 4. The van der Waals surface area contributed by atoms with Crippen LogP contribution in [0.25, 0.3) is 11.0 Å². The summed E-state index contributed by atoms with van der Waals surface area (Å²) in [5.41, 5.74) is 1.27. The molecular formula is C13H19N5O2S. The van der Waals surface area contributed by atoms with Gasteiger partial charge in [0.15, 0.2) is 5.82 Å². The van der Waals surface area contributed by atoms with Crippen molar-refractivity contribution in [2.75, 3.05) is 30.8 Å². The monoisotopic (exact) mass is 309 g/mol. The predicted octanol–water partition coefficient (Wildman–Crippen LogP) is 0.818. The first-order valence-electron chi connectivity index (χ1n) is 6.80. The van der Waals surface area contributed by atoms with Crippen molar-refractivity contribution in [2.24, 2.45) is 0 Å². The first kappa shape index (κ1) is 14.3. The Balaban J connectivity index is 1.95. The summed E-state index contributed by atoms with van der Waals surface area (Å²) in [7, 11) is -3.21. The van der Waals surface area contributed by atoms with Crippen LogP contribution in [-0.4, -0.2) is 59.1 Å². The highest BCUT2D eigenvalue weighted by Crippen LogP contribution is 2.29. The zero-order valence-electron chi connectivity index (χ0n) is 12.4. The number of imidazole rings is 1. The number of anilines is 1. The Kier molecular flexibility index (Phi) is 3.18. The maximum Gasteiger partial charge on any atom is 0.211 e. The van der Waals surface area contributed by atoms with Gasteiger partial charge in [0.05, 0.1) is 18.1 Å². The van der Waals surface area contributed by atoms with Crippen LogP contribution in [0, 0.1) is 0 Å². The van der Waals surface area contributed by atoms with E-state index in [9.17, 15) is 8.42 Å². The number of hydrogen-bond acceptors (Lipinski definition) is 5. The number of pyridine rings is 1. The highest BCUT2D eigenvalue weighted by molar-refractivity contribution is 7.88. The number of hydrogen-bond donors (Lipinski definition) is 1. The van der Waals surface area contributed by atoms with Crippen LogP contribution in [0.15, 0.2) is 18.6 Å². The van der Waals surface area contributed by atoms with Crippen molar-refractivity contribution in [3.63, 3.8) is 0 Å². The van der Waals surface area contributed by atoms with E-state index in [1.54, 1.807) is 16.8 Å². The van der Waals surface area contributed by atoms with Crippen molar-refractivity contribution in [3.8, 4) is 0 Å². The molecule has 0 aromatic carbocycles. The average Bonchev–Trinajstić information content (AvgIpc) is 2.83. The van der Waals surface area contributed by atoms with Crippen LogP contribution in [0.4, 0.5) is 5.82 Å². The lowest BCUT2D eigenvalue weighted by molar-refractivity contribution is 0.206. The Morgan fingerprint density at radius 2 is 2.05 bits per heavy atom. The second kappa shape index (κ2) is 4.67. The van der Waals surface area contributed by atoms with Crippen LogP contribution in [0.1, 0.15) is 13.8 Å². The van der Waals surface area contributed by atoms with Gasteiger partial charge in [-0.15, -0.1) is 0 Å². The molecule has 3 heterocycles. The van der Waals surface area contributed by atoms with E-state index in [0.717, 1.165) is 16.9 Å². The third kappa shape index (κ3) is 2.49. The van der Waals surface area contributed by atoms with E-state index < -0.39 is 15.6 Å². The second-order valence-electron chi connectivity index (χ2n) is 6.00. The smallest absolute Gasteiger partial charge is 0.211 e. The Morgan fingerprint density at radius 1 is 1.29 bits per heavy atom. The minimum absolute atomic E-state index is 0.453. The Hall–Kier alpha value is -1.67. The minimum atomic E-state index is -3.21. The maximum atomic E-state index is 11.9. The summed E-state index contributed by atoms with van der Waals surface area (Å²) < 4.78 is 25.3. The number of piperazine rings is 1. The minimum Gasteiger partial charge on any atom is -0.352 e. The van der Waals surface area contributed by atoms with Crippen LogP contribution in [0.2, 0.25) is 0 Å². The summed E-state index contributed by atoms with van der Waals surface area (Å²) >= 11 is 0. The largest absolute Gasteiger partial charge is 0.352 e. The summed E-state index contributed by atoms with van der Waals surface area (Å²) in [6.45, 7) is 5.51. The van der Waals surface area contributed by atoms with Crippen LogP contribution in [0.5, 0.6) is 0 Å². The van der Waals surface area contributed by atoms with Gasteiger partial charge in [0, 0.05) is 31.4 Å². The molecule has 1 aliphatic heterocycles. The molecule has 2 aromatic rings. The molecule has 0 atom stereocenters. The van der Waals surface area contributed by atoms with Crippen LogP contribution in [0.3, 0.4) is 0 Å². The first-order chi connectivity index (χ1) is 9.79. The lowest BCUT2D eigenvalue weighted by atomic mass is 10.0. The summed E-state index contributed by atoms with van der Waals surface area (Å²) in [6, 6.07) is 1.88. The van der Waals surface area contributed by atoms with Crippen LogP contribution < -0.4 is 4.90 Å². The standard InChI is InChI=1S/C13H19N5O2S/c1-13(2)8-17(6-7-18(13)21(3,19)20)12-11-10(4-5-14-12)15-9-16-11/h4-5,9H,6-8H2,1-3H3,(H,15,16). The molecular weight excluding hydrogens is 290 g/mol. The summed E-state index contributed by atoms with van der Waals surface area (Å²) in [5.74, 6) is 0.801. The number of aromatic amines is 1. The van der Waals surface area contributed by atoms with E-state index in [-0.39, 0.29) is 0 Å². The van der Waals surface area contributed by atoms with Gasteiger partial charge in [-0.1, -0.05) is 0 Å². The van der Waals surface area contributed by atoms with Crippen molar-refractivity contribution >= 4 is 26.9 Å². The van der Waals surface area contributed by atoms with Crippen molar-refractivity contribution in [2.45, 2.75) is 19.4 Å². The quantitative estimate of drug-likeness (QED) is 0.888. The van der Waals surface area contributed by atoms with Crippen molar-refractivity contribution in [1.29, 1.82) is 0 Å².